The summed E-state index contributed by atoms with van der Waals surface area (Å²) >= 11 is 1.78. The molecule has 2 fully saturated rings. The van der Waals surface area contributed by atoms with Gasteiger partial charge >= 0.3 is 0 Å². The van der Waals surface area contributed by atoms with Crippen LogP contribution in [-0.4, -0.2) is 36.0 Å². The van der Waals surface area contributed by atoms with Crippen molar-refractivity contribution in [1.82, 2.24) is 10.6 Å². The van der Waals surface area contributed by atoms with Crippen molar-refractivity contribution >= 4 is 17.7 Å². The summed E-state index contributed by atoms with van der Waals surface area (Å²) in [6.07, 6.45) is 8.36. The number of carbonyl (C=O) groups is 1. The average molecular weight is 256 g/mol. The van der Waals surface area contributed by atoms with E-state index >= 15 is 0 Å². The topological polar surface area (TPSA) is 41.1 Å². The first kappa shape index (κ1) is 13.2. The Hall–Kier alpha value is -0.220. The lowest BCUT2D eigenvalue weighted by Crippen LogP contribution is -2.46. The van der Waals surface area contributed by atoms with E-state index in [1.165, 1.54) is 25.7 Å². The number of fused-ring (bicyclic) bond motifs is 1. The van der Waals surface area contributed by atoms with Crippen molar-refractivity contribution in [2.24, 2.45) is 5.92 Å². The van der Waals surface area contributed by atoms with Gasteiger partial charge in [0, 0.05) is 17.8 Å². The molecule has 1 amide bonds. The minimum atomic E-state index is 0.0624. The van der Waals surface area contributed by atoms with Gasteiger partial charge in [-0.1, -0.05) is 12.8 Å². The fourth-order valence-electron chi connectivity index (χ4n) is 3.16. The molecular weight excluding hydrogens is 232 g/mol. The predicted molar refractivity (Wildman–Crippen MR) is 73.3 cm³/mol. The van der Waals surface area contributed by atoms with Crippen LogP contribution in [0.4, 0.5) is 0 Å². The molecule has 2 N–H and O–H groups in total. The summed E-state index contributed by atoms with van der Waals surface area (Å²) in [5, 5.41) is 6.63. The molecule has 1 saturated heterocycles. The number of hydrogen-bond donors (Lipinski definition) is 2. The zero-order valence-electron chi connectivity index (χ0n) is 10.9. The molecule has 1 aliphatic heterocycles. The van der Waals surface area contributed by atoms with E-state index in [4.69, 9.17) is 0 Å². The molecule has 2 rings (SSSR count). The van der Waals surface area contributed by atoms with Gasteiger partial charge in [0.25, 0.3) is 0 Å². The van der Waals surface area contributed by atoms with E-state index in [2.05, 4.69) is 23.8 Å². The largest absolute Gasteiger partial charge is 0.351 e. The van der Waals surface area contributed by atoms with Crippen molar-refractivity contribution in [3.63, 3.8) is 0 Å². The van der Waals surface area contributed by atoms with Crippen LogP contribution in [0.25, 0.3) is 0 Å². The zero-order valence-corrected chi connectivity index (χ0v) is 11.7. The van der Waals surface area contributed by atoms with Gasteiger partial charge in [-0.15, -0.1) is 0 Å². The number of hydrogen-bond acceptors (Lipinski definition) is 3. The Morgan fingerprint density at radius 3 is 2.94 bits per heavy atom. The van der Waals surface area contributed by atoms with Crippen molar-refractivity contribution in [2.45, 2.75) is 57.2 Å². The molecule has 0 aromatic rings. The van der Waals surface area contributed by atoms with Gasteiger partial charge in [0.15, 0.2) is 0 Å². The SMILES string of the molecule is CSC[C@H](C)NC(=O)[C@@H]1C[C@H]2CCCC[C@H]2N1. The fourth-order valence-corrected chi connectivity index (χ4v) is 3.74. The van der Waals surface area contributed by atoms with Gasteiger partial charge in [0.1, 0.15) is 0 Å². The highest BCUT2D eigenvalue weighted by atomic mass is 32.2. The molecule has 4 atom stereocenters. The molecule has 1 saturated carbocycles. The van der Waals surface area contributed by atoms with Crippen molar-refractivity contribution in [3.8, 4) is 0 Å². The summed E-state index contributed by atoms with van der Waals surface area (Å²) < 4.78 is 0. The molecule has 1 aliphatic carbocycles. The summed E-state index contributed by atoms with van der Waals surface area (Å²) in [5.41, 5.74) is 0. The molecular formula is C13H24N2OS. The third-order valence-electron chi connectivity index (χ3n) is 3.98. The van der Waals surface area contributed by atoms with Gasteiger partial charge in [0.05, 0.1) is 6.04 Å². The maximum absolute atomic E-state index is 12.1. The second-order valence-corrected chi connectivity index (χ2v) is 6.38. The summed E-state index contributed by atoms with van der Waals surface area (Å²) in [6.45, 7) is 2.08. The van der Waals surface area contributed by atoms with Gasteiger partial charge in [-0.25, -0.2) is 0 Å². The van der Waals surface area contributed by atoms with Crippen LogP contribution in [0.15, 0.2) is 0 Å². The van der Waals surface area contributed by atoms with Crippen molar-refractivity contribution in [3.05, 3.63) is 0 Å². The van der Waals surface area contributed by atoms with E-state index in [9.17, 15) is 4.79 Å². The minimum absolute atomic E-state index is 0.0624. The average Bonchev–Trinajstić information content (AvgIpc) is 2.72. The number of thioether (sulfide) groups is 1. The standard InChI is InChI=1S/C13H24N2OS/c1-9(8-17-2)14-13(16)12-7-10-5-3-4-6-11(10)15-12/h9-12,15H,3-8H2,1-2H3,(H,14,16)/t9-,10+,11+,12-/m0/s1. The highest BCUT2D eigenvalue weighted by Gasteiger charge is 2.38. The monoisotopic (exact) mass is 256 g/mol. The lowest BCUT2D eigenvalue weighted by molar-refractivity contribution is -0.123. The first-order valence-electron chi connectivity index (χ1n) is 6.76. The molecule has 0 aromatic heterocycles. The van der Waals surface area contributed by atoms with Crippen LogP contribution in [0.2, 0.25) is 0 Å². The second kappa shape index (κ2) is 6.10. The highest BCUT2D eigenvalue weighted by molar-refractivity contribution is 7.98. The molecule has 0 spiro atoms. The molecule has 17 heavy (non-hydrogen) atoms. The normalized spacial score (nSPS) is 34.1. The van der Waals surface area contributed by atoms with Crippen molar-refractivity contribution in [2.75, 3.05) is 12.0 Å². The van der Waals surface area contributed by atoms with Crippen LogP contribution >= 0.6 is 11.8 Å². The summed E-state index contributed by atoms with van der Waals surface area (Å²) in [6, 6.07) is 0.949. The van der Waals surface area contributed by atoms with Crippen molar-refractivity contribution < 1.29 is 4.79 Å². The van der Waals surface area contributed by atoms with E-state index in [0.29, 0.717) is 6.04 Å². The van der Waals surface area contributed by atoms with Crippen LogP contribution in [-0.2, 0) is 4.79 Å². The molecule has 0 aromatic carbocycles. The maximum Gasteiger partial charge on any atom is 0.237 e. The van der Waals surface area contributed by atoms with Gasteiger partial charge in [-0.05, 0) is 38.4 Å². The zero-order chi connectivity index (χ0) is 12.3. The first-order valence-corrected chi connectivity index (χ1v) is 8.15. The van der Waals surface area contributed by atoms with E-state index in [0.717, 1.165) is 18.1 Å². The third kappa shape index (κ3) is 3.38. The smallest absolute Gasteiger partial charge is 0.237 e. The van der Waals surface area contributed by atoms with Crippen molar-refractivity contribution in [1.29, 1.82) is 0 Å². The van der Waals surface area contributed by atoms with Gasteiger partial charge in [0.2, 0.25) is 5.91 Å². The number of nitrogens with one attached hydrogen (secondary N) is 2. The second-order valence-electron chi connectivity index (χ2n) is 5.47. The Balaban J connectivity index is 1.80. The van der Waals surface area contributed by atoms with Crippen LogP contribution < -0.4 is 10.6 Å². The lowest BCUT2D eigenvalue weighted by atomic mass is 9.85. The van der Waals surface area contributed by atoms with Gasteiger partial charge in [-0.2, -0.15) is 11.8 Å². The predicted octanol–water partition coefficient (Wildman–Crippen LogP) is 1.77. The van der Waals surface area contributed by atoms with E-state index in [-0.39, 0.29) is 18.0 Å². The highest BCUT2D eigenvalue weighted by Crippen LogP contribution is 2.33. The third-order valence-corrected chi connectivity index (χ3v) is 4.82. The summed E-state index contributed by atoms with van der Waals surface area (Å²) in [4.78, 5) is 12.1. The molecule has 1 heterocycles. The molecule has 4 heteroatoms. The van der Waals surface area contributed by atoms with Crippen LogP contribution in [0, 0.1) is 5.92 Å². The maximum atomic E-state index is 12.1. The minimum Gasteiger partial charge on any atom is -0.351 e. The Bertz CT molecular complexity index is 258. The Labute approximate surface area is 108 Å². The van der Waals surface area contributed by atoms with Crippen LogP contribution in [0.3, 0.4) is 0 Å². The Morgan fingerprint density at radius 1 is 1.47 bits per heavy atom. The Kier molecular flexibility index (Phi) is 4.74. The number of amides is 1. The molecule has 0 radical (unpaired) electrons. The van der Waals surface area contributed by atoms with E-state index in [1.54, 1.807) is 11.8 Å². The lowest BCUT2D eigenvalue weighted by Gasteiger charge is -2.24. The van der Waals surface area contributed by atoms with Crippen LogP contribution in [0.5, 0.6) is 0 Å². The van der Waals surface area contributed by atoms with E-state index in [1.807, 2.05) is 0 Å². The van der Waals surface area contributed by atoms with E-state index < -0.39 is 0 Å². The molecule has 3 nitrogen and oxygen atoms in total. The molecule has 2 aliphatic rings. The molecule has 0 unspecified atom stereocenters. The Morgan fingerprint density at radius 2 is 2.24 bits per heavy atom. The number of rotatable bonds is 4. The summed E-state index contributed by atoms with van der Waals surface area (Å²) in [7, 11) is 0. The fraction of sp³-hybridized carbons (Fsp3) is 0.923. The molecule has 98 valence electrons. The number of carbonyl (C=O) groups excluding carboxylic acids is 1. The quantitative estimate of drug-likeness (QED) is 0.805. The van der Waals surface area contributed by atoms with Gasteiger partial charge in [-0.3, -0.25) is 4.79 Å². The summed E-state index contributed by atoms with van der Waals surface area (Å²) in [5.74, 6) is 1.95. The van der Waals surface area contributed by atoms with Crippen LogP contribution in [0.1, 0.15) is 39.0 Å². The van der Waals surface area contributed by atoms with Gasteiger partial charge < -0.3 is 10.6 Å². The molecule has 0 bridgehead atoms. The first-order chi connectivity index (χ1) is 8.20.